The van der Waals surface area contributed by atoms with E-state index in [0.29, 0.717) is 6.61 Å². The molecule has 1 aliphatic rings. The number of fused-ring (bicyclic) bond motifs is 1. The Kier molecular flexibility index (Phi) is 3.70. The first kappa shape index (κ1) is 13.1. The van der Waals surface area contributed by atoms with Crippen LogP contribution in [0, 0.1) is 5.82 Å². The van der Waals surface area contributed by atoms with Gasteiger partial charge < -0.3 is 4.74 Å². The van der Waals surface area contributed by atoms with Crippen LogP contribution in [0.5, 0.6) is 5.75 Å². The van der Waals surface area contributed by atoms with Crippen LogP contribution in [0.3, 0.4) is 0 Å². The highest BCUT2D eigenvalue weighted by Gasteiger charge is 2.26. The second-order valence-corrected chi connectivity index (χ2v) is 5.05. The van der Waals surface area contributed by atoms with Gasteiger partial charge in [-0.05, 0) is 18.6 Å². The topological polar surface area (TPSA) is 21.3 Å². The number of rotatable bonds is 4. The van der Waals surface area contributed by atoms with Crippen molar-refractivity contribution in [3.8, 4) is 5.75 Å². The second kappa shape index (κ2) is 5.63. The number of halogens is 1. The maximum atomic E-state index is 13.9. The molecular weight excluding hydrogens is 253 g/mol. The summed E-state index contributed by atoms with van der Waals surface area (Å²) in [6.07, 6.45) is 0.833. The zero-order valence-electron chi connectivity index (χ0n) is 11.5. The number of ether oxygens (including phenoxy) is 1. The quantitative estimate of drug-likeness (QED) is 0.907. The van der Waals surface area contributed by atoms with Crippen molar-refractivity contribution in [1.29, 1.82) is 0 Å². The minimum absolute atomic E-state index is 0.00374. The molecule has 1 aliphatic heterocycles. The van der Waals surface area contributed by atoms with Crippen molar-refractivity contribution in [3.63, 3.8) is 0 Å². The molecule has 20 heavy (non-hydrogen) atoms. The zero-order chi connectivity index (χ0) is 13.9. The van der Waals surface area contributed by atoms with Crippen LogP contribution in [0.4, 0.5) is 4.39 Å². The summed E-state index contributed by atoms with van der Waals surface area (Å²) in [5.41, 5.74) is 1.88. The number of hydrogen-bond donors (Lipinski definition) is 1. The summed E-state index contributed by atoms with van der Waals surface area (Å²) in [6, 6.07) is 15.1. The molecule has 0 amide bonds. The molecule has 0 bridgehead atoms. The molecule has 2 nitrogen and oxygen atoms in total. The summed E-state index contributed by atoms with van der Waals surface area (Å²) in [5, 5.41) is 3.51. The number of para-hydroxylation sites is 1. The summed E-state index contributed by atoms with van der Waals surface area (Å²) in [7, 11) is 0. The smallest absolute Gasteiger partial charge is 0.127 e. The molecule has 1 N–H and O–H groups in total. The monoisotopic (exact) mass is 271 g/mol. The molecule has 3 heteroatoms. The van der Waals surface area contributed by atoms with Crippen LogP contribution < -0.4 is 10.1 Å². The molecule has 0 fully saturated rings. The molecular formula is C17H18FNO. The standard InChI is InChI=1S/C17H18FNO/c1-2-15(12-7-3-5-9-14(12)18)19-16-11-20-17-10-6-4-8-13(16)17/h3-10,15-16,19H,2,11H2,1H3. The number of nitrogens with one attached hydrogen (secondary N) is 1. The third-order valence-electron chi connectivity index (χ3n) is 3.79. The SMILES string of the molecule is CCC(NC1COc2ccccc21)c1ccccc1F. The summed E-state index contributed by atoms with van der Waals surface area (Å²) in [5.74, 6) is 0.771. The highest BCUT2D eigenvalue weighted by Crippen LogP contribution is 2.34. The van der Waals surface area contributed by atoms with E-state index in [1.807, 2.05) is 30.3 Å². The van der Waals surface area contributed by atoms with E-state index in [9.17, 15) is 4.39 Å². The maximum absolute atomic E-state index is 13.9. The first-order chi connectivity index (χ1) is 9.79. The van der Waals surface area contributed by atoms with Crippen LogP contribution in [0.25, 0.3) is 0 Å². The second-order valence-electron chi connectivity index (χ2n) is 5.05. The maximum Gasteiger partial charge on any atom is 0.127 e. The molecule has 0 saturated heterocycles. The fourth-order valence-corrected chi connectivity index (χ4v) is 2.73. The van der Waals surface area contributed by atoms with E-state index in [1.54, 1.807) is 6.07 Å². The molecule has 0 aromatic heterocycles. The van der Waals surface area contributed by atoms with Gasteiger partial charge in [0.2, 0.25) is 0 Å². The van der Waals surface area contributed by atoms with Gasteiger partial charge in [-0.1, -0.05) is 43.3 Å². The van der Waals surface area contributed by atoms with Gasteiger partial charge in [0.25, 0.3) is 0 Å². The molecule has 0 aliphatic carbocycles. The van der Waals surface area contributed by atoms with Crippen LogP contribution in [-0.2, 0) is 0 Å². The van der Waals surface area contributed by atoms with Gasteiger partial charge in [-0.25, -0.2) is 4.39 Å². The van der Waals surface area contributed by atoms with Crippen LogP contribution in [0.1, 0.15) is 36.6 Å². The molecule has 1 heterocycles. The summed E-state index contributed by atoms with van der Waals surface area (Å²) in [4.78, 5) is 0. The molecule has 2 unspecified atom stereocenters. The lowest BCUT2D eigenvalue weighted by Gasteiger charge is -2.22. The minimum atomic E-state index is -0.154. The fourth-order valence-electron chi connectivity index (χ4n) is 2.73. The van der Waals surface area contributed by atoms with Crippen molar-refractivity contribution in [2.75, 3.05) is 6.61 Å². The predicted octanol–water partition coefficient (Wildman–Crippen LogP) is 4.00. The lowest BCUT2D eigenvalue weighted by molar-refractivity contribution is 0.294. The average Bonchev–Trinajstić information content (AvgIpc) is 2.89. The zero-order valence-corrected chi connectivity index (χ0v) is 11.5. The van der Waals surface area contributed by atoms with Crippen molar-refractivity contribution in [3.05, 3.63) is 65.5 Å². The molecule has 0 spiro atoms. The van der Waals surface area contributed by atoms with Crippen LogP contribution in [-0.4, -0.2) is 6.61 Å². The molecule has 0 saturated carbocycles. The number of hydrogen-bond acceptors (Lipinski definition) is 2. The Balaban J connectivity index is 1.82. The lowest BCUT2D eigenvalue weighted by Crippen LogP contribution is -2.27. The van der Waals surface area contributed by atoms with Crippen molar-refractivity contribution < 1.29 is 9.13 Å². The Morgan fingerprint density at radius 2 is 1.95 bits per heavy atom. The Labute approximate surface area is 118 Å². The van der Waals surface area contributed by atoms with Crippen molar-refractivity contribution >= 4 is 0 Å². The Morgan fingerprint density at radius 3 is 2.75 bits per heavy atom. The van der Waals surface area contributed by atoms with Gasteiger partial charge in [-0.3, -0.25) is 5.32 Å². The van der Waals surface area contributed by atoms with E-state index in [4.69, 9.17) is 4.74 Å². The fraction of sp³-hybridized carbons (Fsp3) is 0.294. The Hall–Kier alpha value is -1.87. The molecule has 3 rings (SSSR count). The van der Waals surface area contributed by atoms with E-state index in [2.05, 4.69) is 18.3 Å². The number of benzene rings is 2. The van der Waals surface area contributed by atoms with Crippen molar-refractivity contribution in [2.24, 2.45) is 0 Å². The van der Waals surface area contributed by atoms with E-state index in [-0.39, 0.29) is 17.9 Å². The van der Waals surface area contributed by atoms with Crippen molar-refractivity contribution in [1.82, 2.24) is 5.32 Å². The normalized spacial score (nSPS) is 18.4. The molecule has 104 valence electrons. The van der Waals surface area contributed by atoms with Gasteiger partial charge in [0, 0.05) is 17.2 Å². The van der Waals surface area contributed by atoms with E-state index < -0.39 is 0 Å². The summed E-state index contributed by atoms with van der Waals surface area (Å²) in [6.45, 7) is 2.66. The average molecular weight is 271 g/mol. The summed E-state index contributed by atoms with van der Waals surface area (Å²) < 4.78 is 19.6. The van der Waals surface area contributed by atoms with Crippen LogP contribution >= 0.6 is 0 Å². The highest BCUT2D eigenvalue weighted by molar-refractivity contribution is 5.39. The van der Waals surface area contributed by atoms with Crippen LogP contribution in [0.2, 0.25) is 0 Å². The van der Waals surface area contributed by atoms with E-state index >= 15 is 0 Å². The first-order valence-corrected chi connectivity index (χ1v) is 7.01. The van der Waals surface area contributed by atoms with Gasteiger partial charge in [0.15, 0.2) is 0 Å². The van der Waals surface area contributed by atoms with Gasteiger partial charge in [0.05, 0.1) is 6.04 Å². The third-order valence-corrected chi connectivity index (χ3v) is 3.79. The van der Waals surface area contributed by atoms with Gasteiger partial charge in [0.1, 0.15) is 18.2 Å². The van der Waals surface area contributed by atoms with E-state index in [1.165, 1.54) is 6.07 Å². The Morgan fingerprint density at radius 1 is 1.20 bits per heavy atom. The highest BCUT2D eigenvalue weighted by atomic mass is 19.1. The van der Waals surface area contributed by atoms with Crippen molar-refractivity contribution in [2.45, 2.75) is 25.4 Å². The third kappa shape index (κ3) is 2.41. The van der Waals surface area contributed by atoms with Gasteiger partial charge in [-0.2, -0.15) is 0 Å². The Bertz CT molecular complexity index is 599. The van der Waals surface area contributed by atoms with Crippen LogP contribution in [0.15, 0.2) is 48.5 Å². The molecule has 0 radical (unpaired) electrons. The van der Waals surface area contributed by atoms with Gasteiger partial charge >= 0.3 is 0 Å². The van der Waals surface area contributed by atoms with Gasteiger partial charge in [-0.15, -0.1) is 0 Å². The largest absolute Gasteiger partial charge is 0.491 e. The molecule has 2 atom stereocenters. The molecule has 2 aromatic rings. The predicted molar refractivity (Wildman–Crippen MR) is 77.2 cm³/mol. The first-order valence-electron chi connectivity index (χ1n) is 7.01. The minimum Gasteiger partial charge on any atom is -0.491 e. The summed E-state index contributed by atoms with van der Waals surface area (Å²) >= 11 is 0. The lowest BCUT2D eigenvalue weighted by atomic mass is 10.0. The molecule has 2 aromatic carbocycles. The van der Waals surface area contributed by atoms with E-state index in [0.717, 1.165) is 23.3 Å².